The molecule has 5 heteroatoms. The van der Waals surface area contributed by atoms with Gasteiger partial charge in [-0.3, -0.25) is 4.68 Å². The maximum absolute atomic E-state index is 11.7. The average Bonchev–Trinajstić information content (AvgIpc) is 2.43. The van der Waals surface area contributed by atoms with Crippen LogP contribution < -0.4 is 5.73 Å². The summed E-state index contributed by atoms with van der Waals surface area (Å²) in [6.45, 7) is 8.06. The van der Waals surface area contributed by atoms with Crippen LogP contribution in [-0.2, 0) is 17.2 Å². The van der Waals surface area contributed by atoms with E-state index in [0.717, 1.165) is 5.56 Å². The molecule has 1 aromatic rings. The van der Waals surface area contributed by atoms with Crippen molar-refractivity contribution in [3.63, 3.8) is 0 Å². The highest BCUT2D eigenvalue weighted by molar-refractivity contribution is 5.91. The van der Waals surface area contributed by atoms with Crippen LogP contribution in [0.5, 0.6) is 0 Å². The molecule has 90 valence electrons. The number of hydrogen-bond donors (Lipinski definition) is 1. The maximum atomic E-state index is 11.7. The second-order valence-corrected chi connectivity index (χ2v) is 4.70. The number of anilines is 1. The number of aryl methyl sites for hydroxylation is 1. The molecule has 0 amide bonds. The minimum atomic E-state index is -0.417. The second-order valence-electron chi connectivity index (χ2n) is 4.70. The van der Waals surface area contributed by atoms with Crippen molar-refractivity contribution in [3.8, 4) is 0 Å². The van der Waals surface area contributed by atoms with E-state index in [9.17, 15) is 4.79 Å². The van der Waals surface area contributed by atoms with Crippen LogP contribution in [-0.4, -0.2) is 22.4 Å². The van der Waals surface area contributed by atoms with Crippen molar-refractivity contribution in [2.45, 2.75) is 33.1 Å². The molecule has 0 saturated heterocycles. The number of aromatic nitrogens is 2. The average molecular weight is 225 g/mol. The standard InChI is InChI=1S/C11H19N3O2/c1-6-16-10(15)8-7(11(2,3)4)9(12)14(5)13-8/h6,12H2,1-5H3. The predicted molar refractivity (Wildman–Crippen MR) is 62.3 cm³/mol. The highest BCUT2D eigenvalue weighted by atomic mass is 16.5. The Balaban J connectivity index is 3.29. The van der Waals surface area contributed by atoms with Crippen LogP contribution in [0.25, 0.3) is 0 Å². The van der Waals surface area contributed by atoms with E-state index in [1.165, 1.54) is 4.68 Å². The van der Waals surface area contributed by atoms with Crippen LogP contribution in [0.4, 0.5) is 5.82 Å². The van der Waals surface area contributed by atoms with Crippen molar-refractivity contribution in [1.29, 1.82) is 0 Å². The highest BCUT2D eigenvalue weighted by Crippen LogP contribution is 2.30. The molecule has 2 N–H and O–H groups in total. The maximum Gasteiger partial charge on any atom is 0.359 e. The molecule has 0 aliphatic carbocycles. The lowest BCUT2D eigenvalue weighted by molar-refractivity contribution is 0.0516. The molecule has 1 rings (SSSR count). The smallest absolute Gasteiger partial charge is 0.359 e. The van der Waals surface area contributed by atoms with E-state index in [1.807, 2.05) is 20.8 Å². The molecule has 0 spiro atoms. The number of carbonyl (C=O) groups is 1. The monoisotopic (exact) mass is 225 g/mol. The number of nitrogen functional groups attached to an aromatic ring is 1. The van der Waals surface area contributed by atoms with Crippen LogP contribution in [0, 0.1) is 0 Å². The molecule has 1 aromatic heterocycles. The SMILES string of the molecule is CCOC(=O)c1nn(C)c(N)c1C(C)(C)C. The first-order valence-electron chi connectivity index (χ1n) is 5.29. The van der Waals surface area contributed by atoms with Crippen molar-refractivity contribution in [2.75, 3.05) is 12.3 Å². The van der Waals surface area contributed by atoms with Gasteiger partial charge in [-0.1, -0.05) is 20.8 Å². The Morgan fingerprint density at radius 1 is 1.50 bits per heavy atom. The fraction of sp³-hybridized carbons (Fsp3) is 0.636. The summed E-state index contributed by atoms with van der Waals surface area (Å²) in [5, 5.41) is 4.11. The Labute approximate surface area is 95.6 Å². The van der Waals surface area contributed by atoms with Crippen LogP contribution in [0.2, 0.25) is 0 Å². The Morgan fingerprint density at radius 2 is 2.06 bits per heavy atom. The summed E-state index contributed by atoms with van der Waals surface area (Å²) in [7, 11) is 1.72. The lowest BCUT2D eigenvalue weighted by Gasteiger charge is -2.18. The van der Waals surface area contributed by atoms with Gasteiger partial charge in [-0.05, 0) is 12.3 Å². The van der Waals surface area contributed by atoms with Crippen molar-refractivity contribution in [2.24, 2.45) is 7.05 Å². The van der Waals surface area contributed by atoms with E-state index in [4.69, 9.17) is 10.5 Å². The minimum absolute atomic E-state index is 0.236. The van der Waals surface area contributed by atoms with E-state index in [1.54, 1.807) is 14.0 Å². The number of ether oxygens (including phenoxy) is 1. The molecule has 0 aliphatic rings. The van der Waals surface area contributed by atoms with Crippen molar-refractivity contribution in [3.05, 3.63) is 11.3 Å². The molecule has 0 radical (unpaired) electrons. The summed E-state index contributed by atoms with van der Waals surface area (Å²) in [5.41, 5.74) is 6.74. The molecule has 0 aliphatic heterocycles. The molecular formula is C11H19N3O2. The summed E-state index contributed by atoms with van der Waals surface area (Å²) in [6, 6.07) is 0. The molecule has 0 unspecified atom stereocenters. The van der Waals surface area contributed by atoms with Crippen LogP contribution in [0.15, 0.2) is 0 Å². The Hall–Kier alpha value is -1.52. The topological polar surface area (TPSA) is 70.1 Å². The van der Waals surface area contributed by atoms with Crippen LogP contribution >= 0.6 is 0 Å². The van der Waals surface area contributed by atoms with Crippen molar-refractivity contribution >= 4 is 11.8 Å². The van der Waals surface area contributed by atoms with Gasteiger partial charge >= 0.3 is 5.97 Å². The normalized spacial score (nSPS) is 11.6. The zero-order chi connectivity index (χ0) is 12.5. The lowest BCUT2D eigenvalue weighted by Crippen LogP contribution is -2.18. The first-order valence-corrected chi connectivity index (χ1v) is 5.29. The molecule has 0 aromatic carbocycles. The number of esters is 1. The first kappa shape index (κ1) is 12.5. The molecule has 0 saturated carbocycles. The third kappa shape index (κ3) is 2.18. The van der Waals surface area contributed by atoms with Gasteiger partial charge in [-0.15, -0.1) is 0 Å². The van der Waals surface area contributed by atoms with Gasteiger partial charge in [-0.25, -0.2) is 4.79 Å². The Morgan fingerprint density at radius 3 is 2.50 bits per heavy atom. The molecule has 16 heavy (non-hydrogen) atoms. The Kier molecular flexibility index (Phi) is 3.26. The molecular weight excluding hydrogens is 206 g/mol. The lowest BCUT2D eigenvalue weighted by atomic mass is 9.86. The zero-order valence-electron chi connectivity index (χ0n) is 10.5. The number of nitrogens with zero attached hydrogens (tertiary/aromatic N) is 2. The number of rotatable bonds is 2. The molecule has 0 atom stereocenters. The molecule has 1 heterocycles. The number of carbonyl (C=O) groups excluding carboxylic acids is 1. The third-order valence-electron chi connectivity index (χ3n) is 2.31. The van der Waals surface area contributed by atoms with Gasteiger partial charge in [0.2, 0.25) is 0 Å². The van der Waals surface area contributed by atoms with Crippen LogP contribution in [0.1, 0.15) is 43.7 Å². The van der Waals surface area contributed by atoms with Gasteiger partial charge in [0.15, 0.2) is 5.69 Å². The fourth-order valence-electron chi connectivity index (χ4n) is 1.62. The number of hydrogen-bond acceptors (Lipinski definition) is 4. The predicted octanol–water partition coefficient (Wildman–Crippen LogP) is 1.48. The highest BCUT2D eigenvalue weighted by Gasteiger charge is 2.29. The quantitative estimate of drug-likeness (QED) is 0.774. The van der Waals surface area contributed by atoms with E-state index in [0.29, 0.717) is 18.1 Å². The summed E-state index contributed by atoms with van der Waals surface area (Å²) >= 11 is 0. The first-order chi connectivity index (χ1) is 7.29. The van der Waals surface area contributed by atoms with E-state index < -0.39 is 5.97 Å². The molecule has 0 fully saturated rings. The van der Waals surface area contributed by atoms with Crippen LogP contribution in [0.3, 0.4) is 0 Å². The van der Waals surface area contributed by atoms with Gasteiger partial charge in [0, 0.05) is 12.6 Å². The summed E-state index contributed by atoms with van der Waals surface area (Å²) < 4.78 is 6.47. The van der Waals surface area contributed by atoms with Gasteiger partial charge in [0.05, 0.1) is 6.61 Å². The van der Waals surface area contributed by atoms with Gasteiger partial charge < -0.3 is 10.5 Å². The summed E-state index contributed by atoms with van der Waals surface area (Å²) in [5.74, 6) is 0.0929. The Bertz CT molecular complexity index is 402. The van der Waals surface area contributed by atoms with Crippen molar-refractivity contribution in [1.82, 2.24) is 9.78 Å². The molecule has 5 nitrogen and oxygen atoms in total. The van der Waals surface area contributed by atoms with Crippen molar-refractivity contribution < 1.29 is 9.53 Å². The van der Waals surface area contributed by atoms with E-state index in [2.05, 4.69) is 5.10 Å². The van der Waals surface area contributed by atoms with E-state index >= 15 is 0 Å². The van der Waals surface area contributed by atoms with E-state index in [-0.39, 0.29) is 5.41 Å². The summed E-state index contributed by atoms with van der Waals surface area (Å²) in [4.78, 5) is 11.7. The minimum Gasteiger partial charge on any atom is -0.461 e. The summed E-state index contributed by atoms with van der Waals surface area (Å²) in [6.07, 6.45) is 0. The third-order valence-corrected chi connectivity index (χ3v) is 2.31. The largest absolute Gasteiger partial charge is 0.461 e. The fourth-order valence-corrected chi connectivity index (χ4v) is 1.62. The van der Waals surface area contributed by atoms with Gasteiger partial charge in [0.1, 0.15) is 5.82 Å². The zero-order valence-corrected chi connectivity index (χ0v) is 10.5. The van der Waals surface area contributed by atoms with Gasteiger partial charge in [-0.2, -0.15) is 5.10 Å². The number of nitrogens with two attached hydrogens (primary N) is 1. The van der Waals surface area contributed by atoms with Gasteiger partial charge in [0.25, 0.3) is 0 Å². The molecule has 0 bridgehead atoms. The second kappa shape index (κ2) is 4.15.